The zero-order valence-electron chi connectivity index (χ0n) is 13.0. The van der Waals surface area contributed by atoms with Crippen molar-refractivity contribution in [3.63, 3.8) is 0 Å². The standard InChI is InChI=1S/C17H12F6N2O/c18-16(19,20)12-3-1-2-11(8-12)15(17(21,22)23)9-14(25-26-15)10-4-6-13(24)7-5-10/h1-8H,9,24H2. The van der Waals surface area contributed by atoms with Crippen molar-refractivity contribution in [2.24, 2.45) is 5.16 Å². The van der Waals surface area contributed by atoms with Crippen LogP contribution in [0.5, 0.6) is 0 Å². The van der Waals surface area contributed by atoms with Gasteiger partial charge in [-0.15, -0.1) is 0 Å². The molecular weight excluding hydrogens is 362 g/mol. The quantitative estimate of drug-likeness (QED) is 0.602. The normalized spacial score (nSPS) is 20.6. The first kappa shape index (κ1) is 18.1. The third-order valence-electron chi connectivity index (χ3n) is 4.09. The van der Waals surface area contributed by atoms with E-state index in [9.17, 15) is 26.3 Å². The number of benzene rings is 2. The van der Waals surface area contributed by atoms with Gasteiger partial charge < -0.3 is 10.6 Å². The Bertz CT molecular complexity index is 842. The number of halogens is 6. The summed E-state index contributed by atoms with van der Waals surface area (Å²) in [6, 6.07) is 8.90. The average Bonchev–Trinajstić information content (AvgIpc) is 3.01. The van der Waals surface area contributed by atoms with Crippen molar-refractivity contribution < 1.29 is 31.2 Å². The molecule has 26 heavy (non-hydrogen) atoms. The highest BCUT2D eigenvalue weighted by Crippen LogP contribution is 2.49. The largest absolute Gasteiger partial charge is 0.435 e. The lowest BCUT2D eigenvalue weighted by molar-refractivity contribution is -0.276. The molecule has 3 nitrogen and oxygen atoms in total. The van der Waals surface area contributed by atoms with Crippen molar-refractivity contribution in [1.29, 1.82) is 0 Å². The highest BCUT2D eigenvalue weighted by atomic mass is 19.4. The van der Waals surface area contributed by atoms with Crippen LogP contribution in [-0.4, -0.2) is 11.9 Å². The van der Waals surface area contributed by atoms with Crippen molar-refractivity contribution >= 4 is 11.4 Å². The molecule has 0 amide bonds. The molecule has 0 radical (unpaired) electrons. The van der Waals surface area contributed by atoms with Gasteiger partial charge in [-0.3, -0.25) is 0 Å². The second-order valence-corrected chi connectivity index (χ2v) is 5.83. The van der Waals surface area contributed by atoms with Crippen LogP contribution >= 0.6 is 0 Å². The molecule has 0 aromatic heterocycles. The van der Waals surface area contributed by atoms with E-state index in [1.807, 2.05) is 0 Å². The Balaban J connectivity index is 2.02. The molecule has 0 fully saturated rings. The van der Waals surface area contributed by atoms with Crippen molar-refractivity contribution in [3.05, 3.63) is 65.2 Å². The van der Waals surface area contributed by atoms with Gasteiger partial charge in [0.2, 0.25) is 0 Å². The van der Waals surface area contributed by atoms with Crippen molar-refractivity contribution in [1.82, 2.24) is 0 Å². The lowest BCUT2D eigenvalue weighted by Gasteiger charge is -2.30. The molecule has 2 aromatic rings. The van der Waals surface area contributed by atoms with Gasteiger partial charge in [-0.1, -0.05) is 29.4 Å². The van der Waals surface area contributed by atoms with E-state index in [2.05, 4.69) is 5.16 Å². The van der Waals surface area contributed by atoms with Gasteiger partial charge in [0.25, 0.3) is 5.60 Å². The molecule has 138 valence electrons. The van der Waals surface area contributed by atoms with Crippen LogP contribution in [-0.2, 0) is 16.6 Å². The Hall–Kier alpha value is -2.71. The number of nitrogen functional groups attached to an aromatic ring is 1. The number of hydrogen-bond acceptors (Lipinski definition) is 3. The van der Waals surface area contributed by atoms with Crippen LogP contribution in [0, 0.1) is 0 Å². The van der Waals surface area contributed by atoms with Crippen LogP contribution in [0.3, 0.4) is 0 Å². The lowest BCUT2D eigenvalue weighted by atomic mass is 9.86. The molecule has 3 rings (SSSR count). The van der Waals surface area contributed by atoms with E-state index >= 15 is 0 Å². The van der Waals surface area contributed by atoms with Gasteiger partial charge in [0.1, 0.15) is 0 Å². The van der Waals surface area contributed by atoms with E-state index in [1.54, 1.807) is 0 Å². The highest BCUT2D eigenvalue weighted by Gasteiger charge is 2.62. The first-order valence-corrected chi connectivity index (χ1v) is 7.38. The molecule has 0 bridgehead atoms. The number of anilines is 1. The Kier molecular flexibility index (Phi) is 4.12. The second-order valence-electron chi connectivity index (χ2n) is 5.83. The van der Waals surface area contributed by atoms with Crippen molar-refractivity contribution in [2.45, 2.75) is 24.4 Å². The fraction of sp³-hybridized carbons (Fsp3) is 0.235. The van der Waals surface area contributed by atoms with E-state index in [0.717, 1.165) is 12.1 Å². The van der Waals surface area contributed by atoms with Crippen molar-refractivity contribution in [3.8, 4) is 0 Å². The number of rotatable bonds is 2. The van der Waals surface area contributed by atoms with Gasteiger partial charge in [0.05, 0.1) is 11.3 Å². The molecule has 1 atom stereocenters. The van der Waals surface area contributed by atoms with Gasteiger partial charge in [-0.25, -0.2) is 0 Å². The summed E-state index contributed by atoms with van der Waals surface area (Å²) in [6.45, 7) is 0. The monoisotopic (exact) mass is 374 g/mol. The third-order valence-corrected chi connectivity index (χ3v) is 4.09. The fourth-order valence-electron chi connectivity index (χ4n) is 2.68. The number of alkyl halides is 6. The van der Waals surface area contributed by atoms with Crippen LogP contribution in [0.4, 0.5) is 32.0 Å². The van der Waals surface area contributed by atoms with E-state index in [4.69, 9.17) is 10.6 Å². The first-order valence-electron chi connectivity index (χ1n) is 7.38. The Morgan fingerprint density at radius 1 is 0.962 bits per heavy atom. The van der Waals surface area contributed by atoms with Gasteiger partial charge in [-0.05, 0) is 29.8 Å². The molecular formula is C17H12F6N2O. The van der Waals surface area contributed by atoms with Gasteiger partial charge >= 0.3 is 12.4 Å². The Morgan fingerprint density at radius 2 is 1.62 bits per heavy atom. The molecule has 2 N–H and O–H groups in total. The first-order chi connectivity index (χ1) is 12.0. The Labute approximate surface area is 144 Å². The van der Waals surface area contributed by atoms with Crippen LogP contribution in [0.2, 0.25) is 0 Å². The maximum atomic E-state index is 13.8. The predicted molar refractivity (Wildman–Crippen MR) is 82.3 cm³/mol. The minimum Gasteiger partial charge on any atom is -0.399 e. The summed E-state index contributed by atoms with van der Waals surface area (Å²) in [5.74, 6) is 0. The van der Waals surface area contributed by atoms with E-state index in [0.29, 0.717) is 23.4 Å². The summed E-state index contributed by atoms with van der Waals surface area (Å²) in [5.41, 5.74) is 1.43. The summed E-state index contributed by atoms with van der Waals surface area (Å²) >= 11 is 0. The van der Waals surface area contributed by atoms with Crippen LogP contribution < -0.4 is 5.73 Å². The van der Waals surface area contributed by atoms with Gasteiger partial charge in [0.15, 0.2) is 0 Å². The van der Waals surface area contributed by atoms with E-state index < -0.39 is 35.5 Å². The summed E-state index contributed by atoms with van der Waals surface area (Å²) in [5, 5.41) is 3.50. The number of nitrogens with zero attached hydrogens (tertiary/aromatic N) is 1. The average molecular weight is 374 g/mol. The summed E-state index contributed by atoms with van der Waals surface area (Å²) < 4.78 is 80.0. The zero-order chi connectivity index (χ0) is 19.2. The smallest absolute Gasteiger partial charge is 0.399 e. The predicted octanol–water partition coefficient (Wildman–Crippen LogP) is 4.87. The Morgan fingerprint density at radius 3 is 2.19 bits per heavy atom. The molecule has 0 aliphatic carbocycles. The van der Waals surface area contributed by atoms with Crippen LogP contribution in [0.1, 0.15) is 23.1 Å². The maximum absolute atomic E-state index is 13.8. The molecule has 0 spiro atoms. The molecule has 1 aliphatic rings. The topological polar surface area (TPSA) is 47.6 Å². The highest BCUT2D eigenvalue weighted by molar-refractivity contribution is 6.02. The zero-order valence-corrected chi connectivity index (χ0v) is 13.0. The fourth-order valence-corrected chi connectivity index (χ4v) is 2.68. The lowest BCUT2D eigenvalue weighted by Crippen LogP contribution is -2.42. The van der Waals surface area contributed by atoms with Gasteiger partial charge in [-0.2, -0.15) is 26.3 Å². The molecule has 0 saturated carbocycles. The maximum Gasteiger partial charge on any atom is 0.435 e. The molecule has 1 unspecified atom stereocenters. The summed E-state index contributed by atoms with van der Waals surface area (Å²) in [7, 11) is 0. The number of nitrogens with two attached hydrogens (primary N) is 1. The summed E-state index contributed by atoms with van der Waals surface area (Å²) in [4.78, 5) is 4.72. The molecule has 1 heterocycles. The van der Waals surface area contributed by atoms with Crippen molar-refractivity contribution in [2.75, 3.05) is 5.73 Å². The van der Waals surface area contributed by atoms with E-state index in [1.165, 1.54) is 24.3 Å². The minimum absolute atomic E-state index is 0.0280. The SMILES string of the molecule is Nc1ccc(C2=NOC(c3cccc(C(F)(F)F)c3)(C(F)(F)F)C2)cc1. The molecule has 1 aliphatic heterocycles. The van der Waals surface area contributed by atoms with Gasteiger partial charge in [0, 0.05) is 17.7 Å². The van der Waals surface area contributed by atoms with E-state index in [-0.39, 0.29) is 5.71 Å². The van der Waals surface area contributed by atoms with Crippen LogP contribution in [0.25, 0.3) is 0 Å². The van der Waals surface area contributed by atoms with Crippen LogP contribution in [0.15, 0.2) is 53.7 Å². The second kappa shape index (κ2) is 5.93. The number of hydrogen-bond donors (Lipinski definition) is 1. The molecule has 0 saturated heterocycles. The summed E-state index contributed by atoms with van der Waals surface area (Å²) in [6.07, 6.45) is -10.5. The number of oxime groups is 1. The molecule has 9 heteroatoms. The third kappa shape index (κ3) is 3.09. The molecule has 2 aromatic carbocycles. The minimum atomic E-state index is -4.98.